The third-order valence-corrected chi connectivity index (χ3v) is 8.36. The fraction of sp³-hybridized carbons (Fsp3) is 0.400. The Balaban J connectivity index is 1.20. The van der Waals surface area contributed by atoms with Crippen LogP contribution in [0.4, 0.5) is 30.6 Å². The van der Waals surface area contributed by atoms with Crippen LogP contribution in [0.1, 0.15) is 36.2 Å². The number of nitrogens with zero attached hydrogens (tertiary/aromatic N) is 4. The largest absolute Gasteiger partial charge is 0.465 e. The quantitative estimate of drug-likeness (QED) is 0.410. The first kappa shape index (κ1) is 28.6. The van der Waals surface area contributed by atoms with Crippen molar-refractivity contribution in [2.75, 3.05) is 54.5 Å². The number of aromatic nitrogens is 1. The van der Waals surface area contributed by atoms with Crippen molar-refractivity contribution in [3.8, 4) is 0 Å². The number of methoxy groups -OCH3 is 1. The zero-order valence-electron chi connectivity index (χ0n) is 23.7. The number of carbonyl (C=O) groups excluding carboxylic acids is 3. The number of ketones is 1. The minimum absolute atomic E-state index is 0.0347. The number of Topliss-reactive ketones (excluding diaryl/α,β-unsaturated/α-hetero) is 1. The first-order chi connectivity index (χ1) is 20.6. The molecule has 2 aromatic carbocycles. The Hall–Kier alpha value is -4.52. The van der Waals surface area contributed by atoms with Gasteiger partial charge in [0.2, 0.25) is 5.43 Å². The second kappa shape index (κ2) is 11.0. The number of halogens is 2. The number of hydrogen-bond acceptors (Lipinski definition) is 9. The number of benzene rings is 2. The Morgan fingerprint density at radius 3 is 2.26 bits per heavy atom. The second-order valence-corrected chi connectivity index (χ2v) is 11.1. The van der Waals surface area contributed by atoms with Crippen molar-refractivity contribution in [3.05, 3.63) is 63.9 Å². The van der Waals surface area contributed by atoms with E-state index in [-0.39, 0.29) is 29.3 Å². The van der Waals surface area contributed by atoms with E-state index in [4.69, 9.17) is 15.2 Å². The lowest BCUT2D eigenvalue weighted by Gasteiger charge is -2.37. The summed E-state index contributed by atoms with van der Waals surface area (Å²) in [4.78, 5) is 54.1. The number of ether oxygens (including phenoxy) is 2. The van der Waals surface area contributed by atoms with Gasteiger partial charge in [-0.05, 0) is 50.1 Å². The number of esters is 1. The van der Waals surface area contributed by atoms with Gasteiger partial charge in [0, 0.05) is 43.8 Å². The molecule has 13 heteroatoms. The highest BCUT2D eigenvalue weighted by atomic mass is 19.1. The van der Waals surface area contributed by atoms with Crippen molar-refractivity contribution in [2.24, 2.45) is 5.73 Å². The molecule has 2 aliphatic heterocycles. The third-order valence-electron chi connectivity index (χ3n) is 8.36. The maximum absolute atomic E-state index is 15.4. The van der Waals surface area contributed by atoms with Crippen LogP contribution < -0.4 is 25.9 Å². The summed E-state index contributed by atoms with van der Waals surface area (Å²) >= 11 is 0. The molecule has 1 saturated carbocycles. The van der Waals surface area contributed by atoms with E-state index in [9.17, 15) is 19.2 Å². The summed E-state index contributed by atoms with van der Waals surface area (Å²) in [7, 11) is 1.20. The van der Waals surface area contributed by atoms with E-state index < -0.39 is 41.3 Å². The zero-order chi connectivity index (χ0) is 30.6. The number of amides is 1. The number of piperazine rings is 1. The van der Waals surface area contributed by atoms with Gasteiger partial charge in [-0.3, -0.25) is 14.5 Å². The van der Waals surface area contributed by atoms with E-state index in [2.05, 4.69) is 0 Å². The minimum atomic E-state index is -0.958. The average molecular weight is 596 g/mol. The molecular weight excluding hydrogens is 564 g/mol. The first-order valence-electron chi connectivity index (χ1n) is 14.1. The topological polar surface area (TPSA) is 127 Å². The summed E-state index contributed by atoms with van der Waals surface area (Å²) in [5, 5.41) is 0.119. The van der Waals surface area contributed by atoms with Gasteiger partial charge in [-0.15, -0.1) is 0 Å². The predicted molar refractivity (Wildman–Crippen MR) is 155 cm³/mol. The summed E-state index contributed by atoms with van der Waals surface area (Å²) in [6.45, 7) is 2.92. The van der Waals surface area contributed by atoms with Gasteiger partial charge in [0.1, 0.15) is 35.1 Å². The lowest BCUT2D eigenvalue weighted by Crippen LogP contribution is -2.47. The van der Waals surface area contributed by atoms with Gasteiger partial charge in [0.15, 0.2) is 0 Å². The van der Waals surface area contributed by atoms with E-state index in [1.807, 2.05) is 14.4 Å². The van der Waals surface area contributed by atoms with Crippen molar-refractivity contribution >= 4 is 45.8 Å². The molecule has 3 aromatic rings. The maximum atomic E-state index is 15.4. The molecule has 226 valence electrons. The average Bonchev–Trinajstić information content (AvgIpc) is 3.77. The molecule has 2 saturated heterocycles. The summed E-state index contributed by atoms with van der Waals surface area (Å²) in [5.74, 6) is -2.19. The lowest BCUT2D eigenvalue weighted by molar-refractivity contribution is -0.120. The van der Waals surface area contributed by atoms with E-state index >= 15 is 8.78 Å². The van der Waals surface area contributed by atoms with Crippen molar-refractivity contribution in [1.29, 1.82) is 0 Å². The van der Waals surface area contributed by atoms with Crippen LogP contribution in [0, 0.1) is 11.6 Å². The van der Waals surface area contributed by atoms with Crippen LogP contribution in [0.2, 0.25) is 0 Å². The fourth-order valence-corrected chi connectivity index (χ4v) is 5.76. The number of rotatable bonds is 7. The van der Waals surface area contributed by atoms with Crippen LogP contribution in [0.3, 0.4) is 0 Å². The highest BCUT2D eigenvalue weighted by molar-refractivity contribution is 5.95. The maximum Gasteiger partial charge on any atom is 0.414 e. The Labute approximate surface area is 245 Å². The molecule has 1 unspecified atom stereocenters. The Morgan fingerprint density at radius 1 is 1.00 bits per heavy atom. The van der Waals surface area contributed by atoms with Crippen LogP contribution in [-0.4, -0.2) is 74.4 Å². The molecule has 11 nitrogen and oxygen atoms in total. The van der Waals surface area contributed by atoms with Crippen LogP contribution in [0.5, 0.6) is 0 Å². The molecule has 0 spiro atoms. The number of cyclic esters (lactones) is 1. The van der Waals surface area contributed by atoms with Gasteiger partial charge in [0.25, 0.3) is 0 Å². The highest BCUT2D eigenvalue weighted by Crippen LogP contribution is 2.38. The number of pyridine rings is 1. The molecule has 3 heterocycles. The van der Waals surface area contributed by atoms with Crippen molar-refractivity contribution < 1.29 is 32.6 Å². The molecule has 1 aliphatic carbocycles. The highest BCUT2D eigenvalue weighted by Gasteiger charge is 2.38. The van der Waals surface area contributed by atoms with Crippen LogP contribution in [-0.2, 0) is 14.3 Å². The standard InChI is InChI=1S/C30H31F2N5O6/c1-16(38)27(33)26-15-37(30(41)43-26)18-5-6-23(21(31)11-18)34-7-9-35(10-8-34)25-13-24-19(12-22(25)32)28(39)20(29(40)42-2)14-36(24)17-3-4-17/h5-6,11-14,17,26-27H,3-4,7-10,15,33H2,1-2H3/t26?,27-/m1/s1. The van der Waals surface area contributed by atoms with Gasteiger partial charge < -0.3 is 29.6 Å². The fourth-order valence-electron chi connectivity index (χ4n) is 5.76. The van der Waals surface area contributed by atoms with Gasteiger partial charge in [-0.2, -0.15) is 0 Å². The Bertz CT molecular complexity index is 1700. The summed E-state index contributed by atoms with van der Waals surface area (Å²) in [6, 6.07) is 6.42. The van der Waals surface area contributed by atoms with E-state index in [1.165, 1.54) is 37.3 Å². The van der Waals surface area contributed by atoms with Crippen LogP contribution >= 0.6 is 0 Å². The number of nitrogens with two attached hydrogens (primary N) is 1. The molecule has 2 atom stereocenters. The number of fused-ring (bicyclic) bond motifs is 1. The Kier molecular flexibility index (Phi) is 7.28. The van der Waals surface area contributed by atoms with E-state index in [0.29, 0.717) is 48.8 Å². The summed E-state index contributed by atoms with van der Waals surface area (Å²) < 4.78 is 42.6. The molecule has 1 amide bonds. The summed E-state index contributed by atoms with van der Waals surface area (Å²) in [6.07, 6.45) is 1.76. The molecule has 43 heavy (non-hydrogen) atoms. The van der Waals surface area contributed by atoms with E-state index in [0.717, 1.165) is 12.8 Å². The predicted octanol–water partition coefficient (Wildman–Crippen LogP) is 2.97. The molecule has 0 radical (unpaired) electrons. The van der Waals surface area contributed by atoms with Crippen molar-refractivity contribution in [3.63, 3.8) is 0 Å². The van der Waals surface area contributed by atoms with E-state index in [1.54, 1.807) is 18.2 Å². The van der Waals surface area contributed by atoms with Gasteiger partial charge >= 0.3 is 12.1 Å². The first-order valence-corrected chi connectivity index (χ1v) is 14.1. The zero-order valence-corrected chi connectivity index (χ0v) is 23.7. The van der Waals surface area contributed by atoms with Crippen molar-refractivity contribution in [2.45, 2.75) is 38.0 Å². The summed E-state index contributed by atoms with van der Waals surface area (Å²) in [5.41, 5.74) is 6.62. The monoisotopic (exact) mass is 595 g/mol. The number of hydrogen-bond donors (Lipinski definition) is 1. The molecule has 0 bridgehead atoms. The smallest absolute Gasteiger partial charge is 0.414 e. The molecule has 3 aliphatic rings. The number of anilines is 3. The molecule has 6 rings (SSSR count). The second-order valence-electron chi connectivity index (χ2n) is 11.1. The van der Waals surface area contributed by atoms with Crippen LogP contribution in [0.15, 0.2) is 41.3 Å². The Morgan fingerprint density at radius 2 is 1.65 bits per heavy atom. The van der Waals surface area contributed by atoms with Gasteiger partial charge in [0.05, 0.1) is 36.2 Å². The van der Waals surface area contributed by atoms with Gasteiger partial charge in [-0.1, -0.05) is 0 Å². The molecule has 1 aromatic heterocycles. The van der Waals surface area contributed by atoms with Crippen LogP contribution in [0.25, 0.3) is 10.9 Å². The van der Waals surface area contributed by atoms with Gasteiger partial charge in [-0.25, -0.2) is 18.4 Å². The van der Waals surface area contributed by atoms with Crippen molar-refractivity contribution in [1.82, 2.24) is 4.57 Å². The molecular formula is C30H31F2N5O6. The third kappa shape index (κ3) is 5.18. The number of carbonyl (C=O) groups is 3. The molecule has 3 fully saturated rings. The minimum Gasteiger partial charge on any atom is -0.465 e. The SMILES string of the molecule is COC(=O)c1cn(C2CC2)c2cc(N3CCN(c4ccc(N5CC([C@H](N)C(C)=O)OC5=O)cc4F)CC3)c(F)cc2c1=O. The lowest BCUT2D eigenvalue weighted by atomic mass is 10.1. The normalized spacial score (nSPS) is 19.5. The molecule has 2 N–H and O–H groups in total.